The molecule has 1 aromatic carbocycles. The van der Waals surface area contributed by atoms with Gasteiger partial charge in [-0.3, -0.25) is 0 Å². The van der Waals surface area contributed by atoms with Gasteiger partial charge in [0.15, 0.2) is 0 Å². The van der Waals surface area contributed by atoms with E-state index in [1.165, 1.54) is 24.0 Å². The fourth-order valence-electron chi connectivity index (χ4n) is 2.38. The normalized spacial score (nSPS) is 13.4. The molecule has 0 fully saturated rings. The number of rotatable bonds is 8. The van der Waals surface area contributed by atoms with Crippen LogP contribution in [-0.2, 0) is 4.74 Å². The van der Waals surface area contributed by atoms with E-state index in [4.69, 9.17) is 4.74 Å². The highest BCUT2D eigenvalue weighted by molar-refractivity contribution is 5.25. The van der Waals surface area contributed by atoms with E-state index >= 15 is 0 Å². The van der Waals surface area contributed by atoms with Crippen LogP contribution >= 0.6 is 0 Å². The lowest BCUT2D eigenvalue weighted by atomic mass is 9.91. The highest BCUT2D eigenvalue weighted by atomic mass is 16.5. The van der Waals surface area contributed by atoms with Gasteiger partial charge in [0.1, 0.15) is 0 Å². The molecule has 0 aliphatic heterocycles. The molecule has 0 saturated carbocycles. The van der Waals surface area contributed by atoms with Crippen molar-refractivity contribution in [1.82, 2.24) is 5.32 Å². The first kappa shape index (κ1) is 17.2. The average molecular weight is 277 g/mol. The largest absolute Gasteiger partial charge is 0.385 e. The predicted molar refractivity (Wildman–Crippen MR) is 87.4 cm³/mol. The third-order valence-corrected chi connectivity index (χ3v) is 3.54. The molecule has 0 amide bonds. The standard InChI is InChI=1S/C18H31NO/c1-15-9-8-11-16(13-15)17(10-6-7-12-20-5)14-19-18(2,3)4/h8-9,11,13,17,19H,6-7,10,12,14H2,1-5H3. The third kappa shape index (κ3) is 7.06. The molecule has 1 N–H and O–H groups in total. The van der Waals surface area contributed by atoms with E-state index in [1.54, 1.807) is 7.11 Å². The Labute approximate surface area is 124 Å². The van der Waals surface area contributed by atoms with E-state index in [0.717, 1.165) is 19.6 Å². The summed E-state index contributed by atoms with van der Waals surface area (Å²) in [6.45, 7) is 10.8. The quantitative estimate of drug-likeness (QED) is 0.716. The van der Waals surface area contributed by atoms with E-state index < -0.39 is 0 Å². The molecule has 0 bridgehead atoms. The molecule has 1 unspecified atom stereocenters. The first-order chi connectivity index (χ1) is 9.42. The molecule has 2 heteroatoms. The van der Waals surface area contributed by atoms with E-state index in [1.807, 2.05) is 0 Å². The molecule has 0 spiro atoms. The minimum atomic E-state index is 0.175. The molecule has 0 aliphatic carbocycles. The van der Waals surface area contributed by atoms with Crippen LogP contribution in [0.5, 0.6) is 0 Å². The number of unbranched alkanes of at least 4 members (excludes halogenated alkanes) is 1. The van der Waals surface area contributed by atoms with E-state index in [9.17, 15) is 0 Å². The molecule has 0 aromatic heterocycles. The van der Waals surface area contributed by atoms with Gasteiger partial charge in [-0.05, 0) is 52.0 Å². The Morgan fingerprint density at radius 2 is 1.95 bits per heavy atom. The molecular formula is C18H31NO. The van der Waals surface area contributed by atoms with Gasteiger partial charge in [0.2, 0.25) is 0 Å². The maximum atomic E-state index is 5.15. The maximum absolute atomic E-state index is 5.15. The smallest absolute Gasteiger partial charge is 0.0462 e. The van der Waals surface area contributed by atoms with Crippen LogP contribution < -0.4 is 5.32 Å². The molecule has 2 nitrogen and oxygen atoms in total. The molecule has 114 valence electrons. The van der Waals surface area contributed by atoms with Crippen LogP contribution in [0.25, 0.3) is 0 Å². The van der Waals surface area contributed by atoms with E-state index in [2.05, 4.69) is 57.3 Å². The minimum Gasteiger partial charge on any atom is -0.385 e. The van der Waals surface area contributed by atoms with Gasteiger partial charge in [0.05, 0.1) is 0 Å². The number of hydrogen-bond donors (Lipinski definition) is 1. The zero-order valence-electron chi connectivity index (χ0n) is 13.8. The van der Waals surface area contributed by atoms with Crippen LogP contribution in [-0.4, -0.2) is 25.8 Å². The van der Waals surface area contributed by atoms with Gasteiger partial charge in [0.25, 0.3) is 0 Å². The molecule has 1 aromatic rings. The number of hydrogen-bond acceptors (Lipinski definition) is 2. The Morgan fingerprint density at radius 1 is 1.20 bits per heavy atom. The minimum absolute atomic E-state index is 0.175. The van der Waals surface area contributed by atoms with Crippen molar-refractivity contribution < 1.29 is 4.74 Å². The lowest BCUT2D eigenvalue weighted by molar-refractivity contribution is 0.191. The van der Waals surface area contributed by atoms with Crippen LogP contribution in [0.3, 0.4) is 0 Å². The van der Waals surface area contributed by atoms with Crippen molar-refractivity contribution >= 4 is 0 Å². The topological polar surface area (TPSA) is 21.3 Å². The summed E-state index contributed by atoms with van der Waals surface area (Å²) in [6, 6.07) is 8.93. The molecule has 1 rings (SSSR count). The lowest BCUT2D eigenvalue weighted by Crippen LogP contribution is -2.38. The molecule has 0 heterocycles. The molecule has 20 heavy (non-hydrogen) atoms. The average Bonchev–Trinajstić information content (AvgIpc) is 2.36. The van der Waals surface area contributed by atoms with E-state index in [0.29, 0.717) is 5.92 Å². The predicted octanol–water partition coefficient (Wildman–Crippen LogP) is 4.28. The van der Waals surface area contributed by atoms with Crippen LogP contribution in [0.15, 0.2) is 24.3 Å². The number of benzene rings is 1. The molecule has 0 radical (unpaired) electrons. The van der Waals surface area contributed by atoms with Gasteiger partial charge in [-0.15, -0.1) is 0 Å². The van der Waals surface area contributed by atoms with Crippen molar-refractivity contribution in [2.24, 2.45) is 0 Å². The van der Waals surface area contributed by atoms with Gasteiger partial charge < -0.3 is 10.1 Å². The van der Waals surface area contributed by atoms with Crippen LogP contribution in [0, 0.1) is 6.92 Å². The second-order valence-corrected chi connectivity index (χ2v) is 6.73. The highest BCUT2D eigenvalue weighted by Crippen LogP contribution is 2.23. The molecular weight excluding hydrogens is 246 g/mol. The van der Waals surface area contributed by atoms with Crippen molar-refractivity contribution in [3.63, 3.8) is 0 Å². The second-order valence-electron chi connectivity index (χ2n) is 6.73. The Kier molecular flexibility index (Phi) is 7.25. The zero-order valence-corrected chi connectivity index (χ0v) is 13.8. The lowest BCUT2D eigenvalue weighted by Gasteiger charge is -2.26. The SMILES string of the molecule is COCCCCC(CNC(C)(C)C)c1cccc(C)c1. The third-order valence-electron chi connectivity index (χ3n) is 3.54. The zero-order chi connectivity index (χ0) is 15.0. The number of nitrogens with one attached hydrogen (secondary N) is 1. The summed E-state index contributed by atoms with van der Waals surface area (Å²) in [6.07, 6.45) is 3.59. The first-order valence-corrected chi connectivity index (χ1v) is 7.73. The molecule has 1 atom stereocenters. The summed E-state index contributed by atoms with van der Waals surface area (Å²) < 4.78 is 5.15. The number of ether oxygens (including phenoxy) is 1. The van der Waals surface area contributed by atoms with Gasteiger partial charge in [-0.1, -0.05) is 36.2 Å². The van der Waals surface area contributed by atoms with Crippen LogP contribution in [0.4, 0.5) is 0 Å². The molecule has 0 aliphatic rings. The van der Waals surface area contributed by atoms with Crippen molar-refractivity contribution in [3.05, 3.63) is 35.4 Å². The Hall–Kier alpha value is -0.860. The summed E-state index contributed by atoms with van der Waals surface area (Å²) in [5.74, 6) is 0.589. The summed E-state index contributed by atoms with van der Waals surface area (Å²) in [5, 5.41) is 3.65. The summed E-state index contributed by atoms with van der Waals surface area (Å²) >= 11 is 0. The second kappa shape index (κ2) is 8.43. The summed E-state index contributed by atoms with van der Waals surface area (Å²) in [5.41, 5.74) is 2.98. The monoisotopic (exact) mass is 277 g/mol. The molecule has 0 saturated heterocycles. The Bertz CT molecular complexity index is 381. The number of methoxy groups -OCH3 is 1. The maximum Gasteiger partial charge on any atom is 0.0462 e. The number of aryl methyl sites for hydroxylation is 1. The highest BCUT2D eigenvalue weighted by Gasteiger charge is 2.15. The van der Waals surface area contributed by atoms with Crippen molar-refractivity contribution in [2.45, 2.75) is 58.4 Å². The van der Waals surface area contributed by atoms with Crippen LogP contribution in [0.1, 0.15) is 57.1 Å². The van der Waals surface area contributed by atoms with Crippen molar-refractivity contribution in [3.8, 4) is 0 Å². The van der Waals surface area contributed by atoms with Gasteiger partial charge in [-0.25, -0.2) is 0 Å². The van der Waals surface area contributed by atoms with E-state index in [-0.39, 0.29) is 5.54 Å². The van der Waals surface area contributed by atoms with Crippen molar-refractivity contribution in [2.75, 3.05) is 20.3 Å². The van der Waals surface area contributed by atoms with Crippen LogP contribution in [0.2, 0.25) is 0 Å². The van der Waals surface area contributed by atoms with Gasteiger partial charge >= 0.3 is 0 Å². The summed E-state index contributed by atoms with van der Waals surface area (Å²) in [4.78, 5) is 0. The van der Waals surface area contributed by atoms with Gasteiger partial charge in [-0.2, -0.15) is 0 Å². The van der Waals surface area contributed by atoms with Crippen molar-refractivity contribution in [1.29, 1.82) is 0 Å². The fourth-order valence-corrected chi connectivity index (χ4v) is 2.38. The Balaban J connectivity index is 2.63. The fraction of sp³-hybridized carbons (Fsp3) is 0.667. The first-order valence-electron chi connectivity index (χ1n) is 7.73. The Morgan fingerprint density at radius 3 is 2.55 bits per heavy atom. The van der Waals surface area contributed by atoms with Gasteiger partial charge in [0, 0.05) is 25.8 Å². The summed E-state index contributed by atoms with van der Waals surface area (Å²) in [7, 11) is 1.78.